The molecule has 3 nitrogen and oxygen atoms in total. The summed E-state index contributed by atoms with van der Waals surface area (Å²) in [6, 6.07) is 1.01. The average Bonchev–Trinajstić information content (AvgIpc) is 2.17. The molecule has 0 rings (SSSR count). The lowest BCUT2D eigenvalue weighted by molar-refractivity contribution is 0.185. The van der Waals surface area contributed by atoms with Crippen LogP contribution < -0.4 is 0 Å². The van der Waals surface area contributed by atoms with Crippen LogP contribution in [0.5, 0.6) is 0 Å². The van der Waals surface area contributed by atoms with Gasteiger partial charge in [0.15, 0.2) is 8.32 Å². The van der Waals surface area contributed by atoms with Crippen LogP contribution in [0.25, 0.3) is 0 Å². The third kappa shape index (κ3) is 5.59. The molecule has 0 aliphatic heterocycles. The molecular formula is C11H28O3Si2. The molecule has 0 amide bonds. The average molecular weight is 265 g/mol. The summed E-state index contributed by atoms with van der Waals surface area (Å²) in [5, 5.41) is 0. The molecule has 0 heterocycles. The summed E-state index contributed by atoms with van der Waals surface area (Å²) < 4.78 is 17.8. The van der Waals surface area contributed by atoms with Crippen molar-refractivity contribution in [1.29, 1.82) is 0 Å². The van der Waals surface area contributed by atoms with Gasteiger partial charge in [-0.2, -0.15) is 0 Å². The van der Waals surface area contributed by atoms with Crippen LogP contribution in [0.4, 0.5) is 0 Å². The van der Waals surface area contributed by atoms with Gasteiger partial charge < -0.3 is 13.3 Å². The standard InChI is InChI=1S/C11H28O3Si2/c1-7-12-15(5,6)11-16(10-4,13-8-2)14-9-3/h7-11H2,1-6H3. The van der Waals surface area contributed by atoms with Crippen LogP contribution in [0.15, 0.2) is 0 Å². The van der Waals surface area contributed by atoms with Gasteiger partial charge in [0, 0.05) is 25.5 Å². The molecule has 0 fully saturated rings. The van der Waals surface area contributed by atoms with Crippen molar-refractivity contribution in [2.75, 3.05) is 19.8 Å². The third-order valence-electron chi connectivity index (χ3n) is 2.58. The molecule has 0 aromatic heterocycles. The monoisotopic (exact) mass is 264 g/mol. The quantitative estimate of drug-likeness (QED) is 0.598. The maximum atomic E-state index is 5.97. The van der Waals surface area contributed by atoms with E-state index in [4.69, 9.17) is 13.3 Å². The van der Waals surface area contributed by atoms with Crippen molar-refractivity contribution in [1.82, 2.24) is 0 Å². The summed E-state index contributed by atoms with van der Waals surface area (Å²) in [6.45, 7) is 15.1. The fourth-order valence-corrected chi connectivity index (χ4v) is 11.8. The summed E-state index contributed by atoms with van der Waals surface area (Å²) in [7, 11) is -3.63. The summed E-state index contributed by atoms with van der Waals surface area (Å²) >= 11 is 0. The molecule has 0 unspecified atom stereocenters. The molecule has 0 spiro atoms. The molecule has 0 bridgehead atoms. The Morgan fingerprint density at radius 1 is 0.750 bits per heavy atom. The summed E-state index contributed by atoms with van der Waals surface area (Å²) in [6.07, 6.45) is 0. The van der Waals surface area contributed by atoms with Gasteiger partial charge in [-0.15, -0.1) is 0 Å². The molecule has 5 heteroatoms. The normalized spacial score (nSPS) is 13.1. The Hall–Kier alpha value is 0.314. The highest BCUT2D eigenvalue weighted by Crippen LogP contribution is 2.26. The SMILES string of the molecule is CCO[Si](C)(C)C[Si](CC)(OCC)OCC. The van der Waals surface area contributed by atoms with E-state index in [0.29, 0.717) is 0 Å². The number of rotatable bonds is 9. The van der Waals surface area contributed by atoms with E-state index >= 15 is 0 Å². The minimum atomic E-state index is -2.01. The Kier molecular flexibility index (Phi) is 7.75. The fraction of sp³-hybridized carbons (Fsp3) is 1.00. The second-order valence-corrected chi connectivity index (χ2v) is 12.8. The Bertz CT molecular complexity index is 180. The molecule has 0 N–H and O–H groups in total. The van der Waals surface area contributed by atoms with Gasteiger partial charge in [0.05, 0.1) is 0 Å². The molecule has 98 valence electrons. The first-order chi connectivity index (χ1) is 7.45. The zero-order chi connectivity index (χ0) is 12.7. The summed E-state index contributed by atoms with van der Waals surface area (Å²) in [4.78, 5) is 0. The van der Waals surface area contributed by atoms with Crippen molar-refractivity contribution in [3.63, 3.8) is 0 Å². The van der Waals surface area contributed by atoms with Gasteiger partial charge in [-0.25, -0.2) is 0 Å². The Morgan fingerprint density at radius 3 is 1.50 bits per heavy atom. The van der Waals surface area contributed by atoms with Gasteiger partial charge in [0.1, 0.15) is 0 Å². The van der Waals surface area contributed by atoms with Crippen LogP contribution in [0, 0.1) is 0 Å². The van der Waals surface area contributed by atoms with Crippen molar-refractivity contribution in [2.24, 2.45) is 0 Å². The first kappa shape index (κ1) is 16.3. The molecule has 0 aliphatic carbocycles. The van der Waals surface area contributed by atoms with Crippen LogP contribution in [0.1, 0.15) is 27.7 Å². The minimum Gasteiger partial charge on any atom is -0.418 e. The molecule has 0 aromatic carbocycles. The zero-order valence-corrected chi connectivity index (χ0v) is 13.8. The van der Waals surface area contributed by atoms with E-state index in [9.17, 15) is 0 Å². The largest absolute Gasteiger partial charge is 0.418 e. The first-order valence-electron chi connectivity index (χ1n) is 6.37. The molecule has 0 atom stereocenters. The van der Waals surface area contributed by atoms with E-state index in [1.807, 2.05) is 13.8 Å². The lowest BCUT2D eigenvalue weighted by Gasteiger charge is -2.34. The van der Waals surface area contributed by atoms with E-state index in [0.717, 1.165) is 31.5 Å². The second-order valence-electron chi connectivity index (χ2n) is 4.50. The molecule has 0 saturated heterocycles. The molecule has 0 aliphatic rings. The highest BCUT2D eigenvalue weighted by atomic mass is 28.4. The van der Waals surface area contributed by atoms with E-state index in [1.165, 1.54) is 0 Å². The second kappa shape index (κ2) is 7.60. The van der Waals surface area contributed by atoms with Crippen molar-refractivity contribution in [3.05, 3.63) is 0 Å². The maximum Gasteiger partial charge on any atom is 0.337 e. The van der Waals surface area contributed by atoms with Gasteiger partial charge in [-0.1, -0.05) is 6.92 Å². The van der Waals surface area contributed by atoms with Crippen LogP contribution in [0.2, 0.25) is 24.8 Å². The van der Waals surface area contributed by atoms with Crippen LogP contribution in [0.3, 0.4) is 0 Å². The van der Waals surface area contributed by atoms with Crippen LogP contribution >= 0.6 is 0 Å². The maximum absolute atomic E-state index is 5.97. The molecule has 0 radical (unpaired) electrons. The summed E-state index contributed by atoms with van der Waals surface area (Å²) in [5.41, 5.74) is 1.03. The predicted molar refractivity (Wildman–Crippen MR) is 73.4 cm³/mol. The summed E-state index contributed by atoms with van der Waals surface area (Å²) in [5.74, 6) is 0. The van der Waals surface area contributed by atoms with Crippen molar-refractivity contribution >= 4 is 16.9 Å². The van der Waals surface area contributed by atoms with Gasteiger partial charge in [-0.05, 0) is 39.9 Å². The zero-order valence-electron chi connectivity index (χ0n) is 11.8. The Balaban J connectivity index is 4.61. The topological polar surface area (TPSA) is 27.7 Å². The van der Waals surface area contributed by atoms with Crippen molar-refractivity contribution < 1.29 is 13.3 Å². The molecule has 0 aromatic rings. The molecule has 0 saturated carbocycles. The van der Waals surface area contributed by atoms with Crippen molar-refractivity contribution in [3.8, 4) is 0 Å². The van der Waals surface area contributed by atoms with Crippen LogP contribution in [-0.4, -0.2) is 36.7 Å². The lowest BCUT2D eigenvalue weighted by atomic mass is 10.9. The fourth-order valence-electron chi connectivity index (χ4n) is 2.09. The Labute approximate surface area is 103 Å². The predicted octanol–water partition coefficient (Wildman–Crippen LogP) is 3.30. The smallest absolute Gasteiger partial charge is 0.337 e. The van der Waals surface area contributed by atoms with E-state index in [-0.39, 0.29) is 0 Å². The van der Waals surface area contributed by atoms with E-state index in [1.54, 1.807) is 0 Å². The lowest BCUT2D eigenvalue weighted by Crippen LogP contribution is -2.50. The highest BCUT2D eigenvalue weighted by molar-refractivity contribution is 6.87. The number of hydrogen-bond acceptors (Lipinski definition) is 3. The van der Waals surface area contributed by atoms with Gasteiger partial charge >= 0.3 is 8.56 Å². The van der Waals surface area contributed by atoms with Gasteiger partial charge in [0.2, 0.25) is 0 Å². The van der Waals surface area contributed by atoms with E-state index in [2.05, 4.69) is 26.9 Å². The van der Waals surface area contributed by atoms with Gasteiger partial charge in [-0.3, -0.25) is 0 Å². The molecule has 16 heavy (non-hydrogen) atoms. The first-order valence-corrected chi connectivity index (χ1v) is 11.7. The van der Waals surface area contributed by atoms with Crippen LogP contribution in [-0.2, 0) is 13.3 Å². The van der Waals surface area contributed by atoms with Crippen molar-refractivity contribution in [2.45, 2.75) is 52.5 Å². The molecular weight excluding hydrogens is 236 g/mol. The number of hydrogen-bond donors (Lipinski definition) is 0. The highest BCUT2D eigenvalue weighted by Gasteiger charge is 2.42. The minimum absolute atomic E-state index is 0.747. The Morgan fingerprint density at radius 2 is 1.19 bits per heavy atom. The van der Waals surface area contributed by atoms with E-state index < -0.39 is 16.9 Å². The third-order valence-corrected chi connectivity index (χ3v) is 11.9. The van der Waals surface area contributed by atoms with Gasteiger partial charge in [0.25, 0.3) is 0 Å².